The first-order chi connectivity index (χ1) is 16.5. The van der Waals surface area contributed by atoms with Crippen molar-refractivity contribution in [3.8, 4) is 0 Å². The summed E-state index contributed by atoms with van der Waals surface area (Å²) in [5, 5.41) is 0. The summed E-state index contributed by atoms with van der Waals surface area (Å²) in [4.78, 5) is 16.8. The Labute approximate surface area is 209 Å². The Bertz CT molecular complexity index is 1290. The molecule has 2 aliphatic rings. The molecule has 0 N–H and O–H groups in total. The molecule has 3 aromatic carbocycles. The van der Waals surface area contributed by atoms with Crippen molar-refractivity contribution in [2.24, 2.45) is 0 Å². The van der Waals surface area contributed by atoms with Gasteiger partial charge < -0.3 is 14.5 Å². The molecule has 1 heterocycles. The fraction of sp³-hybridized carbons (Fsp3) is 0.387. The van der Waals surface area contributed by atoms with Gasteiger partial charge in [-0.2, -0.15) is 0 Å². The van der Waals surface area contributed by atoms with Gasteiger partial charge in [-0.05, 0) is 70.7 Å². The third kappa shape index (κ3) is 3.71. The van der Waals surface area contributed by atoms with Crippen LogP contribution in [0.3, 0.4) is 0 Å². The highest BCUT2D eigenvalue weighted by Gasteiger charge is 2.40. The van der Waals surface area contributed by atoms with E-state index in [0.717, 1.165) is 5.56 Å². The lowest BCUT2D eigenvalue weighted by molar-refractivity contribution is 0.0600. The van der Waals surface area contributed by atoms with Crippen LogP contribution in [0.1, 0.15) is 79.2 Å². The van der Waals surface area contributed by atoms with E-state index >= 15 is 0 Å². The molecule has 5 rings (SSSR count). The maximum Gasteiger partial charge on any atom is 0.337 e. The Kier molecular flexibility index (Phi) is 5.47. The highest BCUT2D eigenvalue weighted by atomic mass is 16.5. The summed E-state index contributed by atoms with van der Waals surface area (Å²) >= 11 is 0. The van der Waals surface area contributed by atoms with Crippen LogP contribution >= 0.6 is 0 Å². The molecule has 0 fully saturated rings. The Hall–Kier alpha value is -3.27. The lowest BCUT2D eigenvalue weighted by Crippen LogP contribution is -2.35. The highest BCUT2D eigenvalue weighted by Crippen LogP contribution is 2.52. The van der Waals surface area contributed by atoms with E-state index in [-0.39, 0.29) is 22.8 Å². The lowest BCUT2D eigenvalue weighted by Gasteiger charge is -2.43. The molecule has 4 nitrogen and oxygen atoms in total. The number of fused-ring (bicyclic) bond motifs is 3. The number of ether oxygens (including phenoxy) is 1. The fourth-order valence-corrected chi connectivity index (χ4v) is 5.97. The Balaban J connectivity index is 1.78. The van der Waals surface area contributed by atoms with Gasteiger partial charge in [0.1, 0.15) is 0 Å². The van der Waals surface area contributed by atoms with Crippen LogP contribution in [-0.2, 0) is 15.6 Å². The molecular formula is C31H36N2O2. The first kappa shape index (κ1) is 23.5. The Morgan fingerprint density at radius 3 is 2.00 bits per heavy atom. The zero-order valence-corrected chi connectivity index (χ0v) is 22.0. The van der Waals surface area contributed by atoms with Crippen LogP contribution in [-0.4, -0.2) is 27.2 Å². The van der Waals surface area contributed by atoms with Gasteiger partial charge in [0.05, 0.1) is 30.1 Å². The van der Waals surface area contributed by atoms with Crippen molar-refractivity contribution < 1.29 is 9.53 Å². The summed E-state index contributed by atoms with van der Waals surface area (Å²) in [6, 6.07) is 21.4. The smallest absolute Gasteiger partial charge is 0.337 e. The molecule has 0 radical (unpaired) electrons. The maximum absolute atomic E-state index is 12.1. The van der Waals surface area contributed by atoms with Crippen LogP contribution in [0.4, 0.5) is 17.1 Å². The second kappa shape index (κ2) is 8.15. The molecule has 1 aliphatic carbocycles. The summed E-state index contributed by atoms with van der Waals surface area (Å²) in [7, 11) is 5.78. The van der Waals surface area contributed by atoms with Crippen LogP contribution in [0.15, 0.2) is 60.7 Å². The molecule has 1 unspecified atom stereocenters. The van der Waals surface area contributed by atoms with Gasteiger partial charge in [0.25, 0.3) is 0 Å². The van der Waals surface area contributed by atoms with Gasteiger partial charge in [-0.25, -0.2) is 4.79 Å². The normalized spacial score (nSPS) is 19.8. The molecule has 0 spiro atoms. The van der Waals surface area contributed by atoms with Gasteiger partial charge in [0.2, 0.25) is 0 Å². The topological polar surface area (TPSA) is 32.8 Å². The second-order valence-corrected chi connectivity index (χ2v) is 11.4. The van der Waals surface area contributed by atoms with Crippen molar-refractivity contribution in [3.63, 3.8) is 0 Å². The number of anilines is 3. The molecular weight excluding hydrogens is 432 g/mol. The quantitative estimate of drug-likeness (QED) is 0.375. The van der Waals surface area contributed by atoms with E-state index in [1.165, 1.54) is 53.7 Å². The number of benzene rings is 3. The Morgan fingerprint density at radius 1 is 0.829 bits per heavy atom. The molecule has 4 heteroatoms. The summed E-state index contributed by atoms with van der Waals surface area (Å²) in [5.41, 5.74) is 9.80. The molecule has 0 saturated heterocycles. The number of methoxy groups -OCH3 is 1. The molecule has 0 amide bonds. The minimum absolute atomic E-state index is 0.00827. The van der Waals surface area contributed by atoms with Gasteiger partial charge in [0.15, 0.2) is 0 Å². The van der Waals surface area contributed by atoms with Crippen LogP contribution in [0.5, 0.6) is 0 Å². The molecule has 35 heavy (non-hydrogen) atoms. The lowest BCUT2D eigenvalue weighted by atomic mass is 9.62. The number of hydrogen-bond acceptors (Lipinski definition) is 4. The number of rotatable bonds is 2. The minimum atomic E-state index is -0.311. The van der Waals surface area contributed by atoms with Crippen LogP contribution < -0.4 is 9.80 Å². The van der Waals surface area contributed by atoms with Gasteiger partial charge in [0, 0.05) is 25.3 Å². The zero-order chi connectivity index (χ0) is 25.1. The fourth-order valence-electron chi connectivity index (χ4n) is 5.97. The standard InChI is InChI=1S/C31H36N2O2/c1-30(2)16-17-31(3,4)24-19-27-22(18-23(24)30)28(20-12-14-21(15-13-20)29(34)35-7)33(6)26-11-9-8-10-25(26)32(27)5/h8-15,18-19,28H,16-17H2,1-7H3. The molecule has 182 valence electrons. The summed E-state index contributed by atoms with van der Waals surface area (Å²) in [6.07, 6.45) is 2.36. The van der Waals surface area contributed by atoms with Crippen molar-refractivity contribution in [1.29, 1.82) is 0 Å². The predicted octanol–water partition coefficient (Wildman–Crippen LogP) is 7.13. The highest BCUT2D eigenvalue weighted by molar-refractivity contribution is 5.89. The van der Waals surface area contributed by atoms with E-state index in [0.29, 0.717) is 5.56 Å². The Morgan fingerprint density at radius 2 is 1.40 bits per heavy atom. The minimum Gasteiger partial charge on any atom is -0.465 e. The number of carbonyl (C=O) groups excluding carboxylic acids is 1. The van der Waals surface area contributed by atoms with E-state index < -0.39 is 0 Å². The van der Waals surface area contributed by atoms with Gasteiger partial charge in [-0.3, -0.25) is 0 Å². The van der Waals surface area contributed by atoms with E-state index in [2.05, 4.69) is 100 Å². The van der Waals surface area contributed by atoms with Crippen molar-refractivity contribution in [3.05, 3.63) is 88.5 Å². The molecule has 1 atom stereocenters. The van der Waals surface area contributed by atoms with Crippen molar-refractivity contribution in [2.75, 3.05) is 31.0 Å². The molecule has 3 aromatic rings. The maximum atomic E-state index is 12.1. The number of para-hydroxylation sites is 2. The SMILES string of the molecule is COC(=O)c1ccc(C2c3cc4c(cc3N(C)c3ccccc3N2C)C(C)(C)CCC4(C)C)cc1. The summed E-state index contributed by atoms with van der Waals surface area (Å²) in [5.74, 6) is -0.311. The second-order valence-electron chi connectivity index (χ2n) is 11.4. The van der Waals surface area contributed by atoms with Crippen LogP contribution in [0.25, 0.3) is 0 Å². The van der Waals surface area contributed by atoms with E-state index in [1.807, 2.05) is 12.1 Å². The molecule has 0 bridgehead atoms. The first-order valence-corrected chi connectivity index (χ1v) is 12.5. The number of nitrogens with zero attached hydrogens (tertiary/aromatic N) is 2. The molecule has 0 aromatic heterocycles. The third-order valence-corrected chi connectivity index (χ3v) is 8.31. The van der Waals surface area contributed by atoms with E-state index in [4.69, 9.17) is 4.74 Å². The average Bonchev–Trinajstić information content (AvgIpc) is 2.94. The largest absolute Gasteiger partial charge is 0.465 e. The summed E-state index contributed by atoms with van der Waals surface area (Å²) < 4.78 is 4.93. The van der Waals surface area contributed by atoms with Crippen molar-refractivity contribution in [2.45, 2.75) is 57.4 Å². The van der Waals surface area contributed by atoms with Gasteiger partial charge >= 0.3 is 5.97 Å². The van der Waals surface area contributed by atoms with Crippen molar-refractivity contribution >= 4 is 23.0 Å². The number of hydrogen-bond donors (Lipinski definition) is 0. The number of esters is 1. The molecule has 1 aliphatic heterocycles. The monoisotopic (exact) mass is 468 g/mol. The predicted molar refractivity (Wildman–Crippen MR) is 144 cm³/mol. The molecule has 0 saturated carbocycles. The van der Waals surface area contributed by atoms with Gasteiger partial charge in [-0.1, -0.05) is 58.0 Å². The third-order valence-electron chi connectivity index (χ3n) is 8.31. The van der Waals surface area contributed by atoms with E-state index in [1.54, 1.807) is 0 Å². The summed E-state index contributed by atoms with van der Waals surface area (Å²) in [6.45, 7) is 9.53. The average molecular weight is 469 g/mol. The van der Waals surface area contributed by atoms with Crippen LogP contribution in [0, 0.1) is 0 Å². The zero-order valence-electron chi connectivity index (χ0n) is 22.0. The first-order valence-electron chi connectivity index (χ1n) is 12.5. The van der Waals surface area contributed by atoms with Gasteiger partial charge in [-0.15, -0.1) is 0 Å². The van der Waals surface area contributed by atoms with Crippen LogP contribution in [0.2, 0.25) is 0 Å². The van der Waals surface area contributed by atoms with E-state index in [9.17, 15) is 4.79 Å². The van der Waals surface area contributed by atoms with Crippen molar-refractivity contribution in [1.82, 2.24) is 0 Å². The number of carbonyl (C=O) groups is 1.